The zero-order valence-electron chi connectivity index (χ0n) is 14.0. The number of nitrogens with zero attached hydrogens (tertiary/aromatic N) is 2. The van der Waals surface area contributed by atoms with Crippen LogP contribution in [0.5, 0.6) is 5.75 Å². The van der Waals surface area contributed by atoms with Gasteiger partial charge in [0.1, 0.15) is 17.4 Å². The fraction of sp³-hybridized carbons (Fsp3) is 0.375. The van der Waals surface area contributed by atoms with Crippen LogP contribution in [0.4, 0.5) is 8.78 Å². The number of rotatable bonds is 7. The zero-order chi connectivity index (χ0) is 17.4. The van der Waals surface area contributed by atoms with Crippen molar-refractivity contribution in [3.63, 3.8) is 0 Å². The lowest BCUT2D eigenvalue weighted by Gasteiger charge is -2.12. The molecule has 1 aromatic heterocycles. The van der Waals surface area contributed by atoms with Gasteiger partial charge in [0.15, 0.2) is 17.5 Å². The van der Waals surface area contributed by atoms with E-state index in [0.29, 0.717) is 19.0 Å². The average molecular weight is 482 g/mol. The number of aryl methyl sites for hydroxylation is 1. The van der Waals surface area contributed by atoms with E-state index < -0.39 is 11.6 Å². The van der Waals surface area contributed by atoms with Crippen LogP contribution in [0.25, 0.3) is 0 Å². The monoisotopic (exact) mass is 482 g/mol. The van der Waals surface area contributed by atoms with Crippen LogP contribution in [0.1, 0.15) is 16.8 Å². The first-order valence-electron chi connectivity index (χ1n) is 7.60. The van der Waals surface area contributed by atoms with Crippen LogP contribution in [0, 0.1) is 18.6 Å². The highest BCUT2D eigenvalue weighted by molar-refractivity contribution is 14.0. The molecule has 25 heavy (non-hydrogen) atoms. The number of aromatic nitrogens is 1. The summed E-state index contributed by atoms with van der Waals surface area (Å²) >= 11 is 1.61. The van der Waals surface area contributed by atoms with Crippen molar-refractivity contribution in [1.29, 1.82) is 0 Å². The first-order chi connectivity index (χ1) is 11.6. The van der Waals surface area contributed by atoms with Gasteiger partial charge in [-0.1, -0.05) is 0 Å². The molecule has 0 fully saturated rings. The second-order valence-electron chi connectivity index (χ2n) is 4.91. The second-order valence-corrected chi connectivity index (χ2v) is 6.23. The van der Waals surface area contributed by atoms with Gasteiger partial charge in [0.25, 0.3) is 0 Å². The van der Waals surface area contributed by atoms with E-state index in [2.05, 4.69) is 20.6 Å². The molecule has 2 aromatic rings. The maximum Gasteiger partial charge on any atom is 0.191 e. The third-order valence-electron chi connectivity index (χ3n) is 2.93. The molecule has 1 heterocycles. The van der Waals surface area contributed by atoms with Crippen molar-refractivity contribution >= 4 is 41.3 Å². The summed E-state index contributed by atoms with van der Waals surface area (Å²) in [5.41, 5.74) is 0. The topological polar surface area (TPSA) is 58.5 Å². The van der Waals surface area contributed by atoms with E-state index >= 15 is 0 Å². The van der Waals surface area contributed by atoms with Gasteiger partial charge < -0.3 is 15.4 Å². The molecular formula is C16H21F2IN4OS. The summed E-state index contributed by atoms with van der Waals surface area (Å²) in [4.78, 5) is 9.84. The standard InChI is InChI=1S/C16H20F2N4OS.HI/c1-3-19-16(22-10-15-21-9-11(2)24-15)20-6-7-23-14-5-4-12(17)8-13(14)18;/h4-5,8-9H,3,6-7,10H2,1-2H3,(H2,19,20,22);1H. The minimum absolute atomic E-state index is 0. The smallest absolute Gasteiger partial charge is 0.191 e. The van der Waals surface area contributed by atoms with Crippen LogP contribution in [-0.4, -0.2) is 30.6 Å². The highest BCUT2D eigenvalue weighted by Gasteiger charge is 2.05. The molecule has 0 amide bonds. The van der Waals surface area contributed by atoms with Gasteiger partial charge in [0.2, 0.25) is 0 Å². The molecule has 0 unspecified atom stereocenters. The van der Waals surface area contributed by atoms with E-state index in [4.69, 9.17) is 4.74 Å². The van der Waals surface area contributed by atoms with Crippen molar-refractivity contribution in [3.8, 4) is 5.75 Å². The van der Waals surface area contributed by atoms with Crippen molar-refractivity contribution in [2.75, 3.05) is 19.7 Å². The van der Waals surface area contributed by atoms with E-state index in [0.717, 1.165) is 28.6 Å². The fourth-order valence-electron chi connectivity index (χ4n) is 1.89. The number of hydrogen-bond acceptors (Lipinski definition) is 4. The molecule has 0 aliphatic carbocycles. The lowest BCUT2D eigenvalue weighted by atomic mass is 10.3. The fourth-order valence-corrected chi connectivity index (χ4v) is 2.60. The Bertz CT molecular complexity index is 697. The maximum atomic E-state index is 13.4. The Hall–Kier alpha value is -1.49. The summed E-state index contributed by atoms with van der Waals surface area (Å²) in [6.45, 7) is 5.83. The van der Waals surface area contributed by atoms with E-state index in [9.17, 15) is 8.78 Å². The molecular weight excluding hydrogens is 461 g/mol. The number of guanidine groups is 1. The molecule has 0 spiro atoms. The van der Waals surface area contributed by atoms with E-state index in [1.165, 1.54) is 6.07 Å². The average Bonchev–Trinajstić information content (AvgIpc) is 2.96. The van der Waals surface area contributed by atoms with Gasteiger partial charge in [-0.3, -0.25) is 0 Å². The first kappa shape index (κ1) is 21.6. The molecule has 0 saturated carbocycles. The van der Waals surface area contributed by atoms with Gasteiger partial charge in [0, 0.05) is 23.7 Å². The van der Waals surface area contributed by atoms with Gasteiger partial charge in [-0.25, -0.2) is 18.8 Å². The summed E-state index contributed by atoms with van der Waals surface area (Å²) in [7, 11) is 0. The largest absolute Gasteiger partial charge is 0.489 e. The molecule has 0 bridgehead atoms. The Morgan fingerprint density at radius 1 is 1.32 bits per heavy atom. The highest BCUT2D eigenvalue weighted by Crippen LogP contribution is 2.17. The Kier molecular flexibility index (Phi) is 9.65. The normalized spacial score (nSPS) is 11.0. The lowest BCUT2D eigenvalue weighted by Crippen LogP contribution is -2.39. The summed E-state index contributed by atoms with van der Waals surface area (Å²) in [5.74, 6) is -0.682. The Morgan fingerprint density at radius 3 is 2.76 bits per heavy atom. The van der Waals surface area contributed by atoms with Gasteiger partial charge in [-0.2, -0.15) is 0 Å². The molecule has 0 radical (unpaired) electrons. The van der Waals surface area contributed by atoms with Gasteiger partial charge in [-0.05, 0) is 26.0 Å². The summed E-state index contributed by atoms with van der Waals surface area (Å²) in [6.07, 6.45) is 1.82. The minimum Gasteiger partial charge on any atom is -0.489 e. The van der Waals surface area contributed by atoms with Crippen molar-refractivity contribution in [2.45, 2.75) is 20.4 Å². The van der Waals surface area contributed by atoms with Gasteiger partial charge in [-0.15, -0.1) is 35.3 Å². The molecule has 0 saturated heterocycles. The highest BCUT2D eigenvalue weighted by atomic mass is 127. The lowest BCUT2D eigenvalue weighted by molar-refractivity contribution is 0.304. The number of benzene rings is 1. The van der Waals surface area contributed by atoms with Crippen molar-refractivity contribution < 1.29 is 13.5 Å². The van der Waals surface area contributed by atoms with Gasteiger partial charge >= 0.3 is 0 Å². The van der Waals surface area contributed by atoms with Crippen LogP contribution in [0.15, 0.2) is 29.4 Å². The number of hydrogen-bond donors (Lipinski definition) is 2. The molecule has 2 rings (SSSR count). The Balaban J connectivity index is 0.00000312. The predicted octanol–water partition coefficient (Wildman–Crippen LogP) is 3.48. The van der Waals surface area contributed by atoms with Crippen LogP contribution < -0.4 is 15.4 Å². The molecule has 0 aliphatic heterocycles. The summed E-state index contributed by atoms with van der Waals surface area (Å²) < 4.78 is 31.5. The van der Waals surface area contributed by atoms with Gasteiger partial charge in [0.05, 0.1) is 13.1 Å². The molecule has 5 nitrogen and oxygen atoms in total. The third-order valence-corrected chi connectivity index (χ3v) is 3.83. The molecule has 9 heteroatoms. The van der Waals surface area contributed by atoms with E-state index in [1.54, 1.807) is 11.3 Å². The third kappa shape index (κ3) is 7.51. The molecule has 1 aromatic carbocycles. The number of halogens is 3. The van der Waals surface area contributed by atoms with Crippen molar-refractivity contribution in [1.82, 2.24) is 15.6 Å². The zero-order valence-corrected chi connectivity index (χ0v) is 17.2. The van der Waals surface area contributed by atoms with Crippen LogP contribution in [0.3, 0.4) is 0 Å². The number of ether oxygens (including phenoxy) is 1. The van der Waals surface area contributed by atoms with E-state index in [1.807, 2.05) is 20.0 Å². The van der Waals surface area contributed by atoms with Crippen molar-refractivity contribution in [2.24, 2.45) is 4.99 Å². The molecule has 138 valence electrons. The Morgan fingerprint density at radius 2 is 2.12 bits per heavy atom. The number of nitrogens with one attached hydrogen (secondary N) is 2. The number of thiazole rings is 1. The molecule has 0 aliphatic rings. The minimum atomic E-state index is -0.713. The summed E-state index contributed by atoms with van der Waals surface area (Å²) in [6, 6.07) is 3.23. The SMILES string of the molecule is CCNC(=NCc1ncc(C)s1)NCCOc1ccc(F)cc1F.I. The van der Waals surface area contributed by atoms with Crippen LogP contribution in [-0.2, 0) is 6.54 Å². The molecule has 0 atom stereocenters. The quantitative estimate of drug-likeness (QED) is 0.275. The summed E-state index contributed by atoms with van der Waals surface area (Å²) in [5, 5.41) is 7.15. The predicted molar refractivity (Wildman–Crippen MR) is 107 cm³/mol. The number of aliphatic imine (C=N–C) groups is 1. The molecule has 2 N–H and O–H groups in total. The first-order valence-corrected chi connectivity index (χ1v) is 8.41. The van der Waals surface area contributed by atoms with Crippen LogP contribution >= 0.6 is 35.3 Å². The maximum absolute atomic E-state index is 13.4. The Labute approximate surface area is 166 Å². The van der Waals surface area contributed by atoms with E-state index in [-0.39, 0.29) is 36.3 Å². The van der Waals surface area contributed by atoms with Crippen LogP contribution in [0.2, 0.25) is 0 Å². The second kappa shape index (κ2) is 11.2. The van der Waals surface area contributed by atoms with Crippen molar-refractivity contribution in [3.05, 3.63) is 45.9 Å².